The van der Waals surface area contributed by atoms with Crippen molar-refractivity contribution in [1.29, 1.82) is 0 Å². The number of halogens is 1. The third kappa shape index (κ3) is 5.38. The molecule has 3 rings (SSSR count). The van der Waals surface area contributed by atoms with E-state index in [2.05, 4.69) is 36.5 Å². The van der Waals surface area contributed by atoms with Crippen LogP contribution >= 0.6 is 15.9 Å². The van der Waals surface area contributed by atoms with E-state index >= 15 is 0 Å². The van der Waals surface area contributed by atoms with E-state index in [1.54, 1.807) is 70.8 Å². The lowest BCUT2D eigenvalue weighted by molar-refractivity contribution is 0.0526. The minimum Gasteiger partial charge on any atom is -0.493 e. The number of rotatable bonds is 9. The standard InChI is InChI=1S/C22H23BrN4O5/c1-5-32-21(28)13-6-8-14(9-7-13)25-20-16(23)12-24-22(27-20)26-15-10-17(29-2)19(31-4)18(11-15)30-3/h6-12H,5H2,1-4H3,(H2,24,25,26,27). The van der Waals surface area contributed by atoms with Crippen LogP contribution in [0.25, 0.3) is 0 Å². The summed E-state index contributed by atoms with van der Waals surface area (Å²) in [5.74, 6) is 2.04. The Kier molecular flexibility index (Phi) is 7.72. The number of nitrogens with zero attached hydrogens (tertiary/aromatic N) is 2. The number of aromatic nitrogens is 2. The van der Waals surface area contributed by atoms with E-state index in [1.807, 2.05) is 0 Å². The van der Waals surface area contributed by atoms with Gasteiger partial charge in [-0.25, -0.2) is 9.78 Å². The molecule has 32 heavy (non-hydrogen) atoms. The number of esters is 1. The van der Waals surface area contributed by atoms with E-state index in [9.17, 15) is 4.79 Å². The number of carbonyl (C=O) groups excluding carboxylic acids is 1. The van der Waals surface area contributed by atoms with Gasteiger partial charge in [-0.05, 0) is 47.1 Å². The van der Waals surface area contributed by atoms with Crippen LogP contribution < -0.4 is 24.8 Å². The number of nitrogens with one attached hydrogen (secondary N) is 2. The Labute approximate surface area is 194 Å². The Morgan fingerprint density at radius 2 is 1.62 bits per heavy atom. The van der Waals surface area contributed by atoms with Gasteiger partial charge in [0, 0.05) is 29.7 Å². The van der Waals surface area contributed by atoms with Crippen LogP contribution in [0.15, 0.2) is 47.1 Å². The van der Waals surface area contributed by atoms with Crippen LogP contribution in [0.4, 0.5) is 23.1 Å². The fourth-order valence-corrected chi connectivity index (χ4v) is 3.13. The van der Waals surface area contributed by atoms with Crippen molar-refractivity contribution in [2.24, 2.45) is 0 Å². The maximum atomic E-state index is 11.8. The molecule has 0 fully saturated rings. The second-order valence-corrected chi connectivity index (χ2v) is 7.21. The van der Waals surface area contributed by atoms with Gasteiger partial charge in [-0.2, -0.15) is 4.98 Å². The fraction of sp³-hybridized carbons (Fsp3) is 0.227. The summed E-state index contributed by atoms with van der Waals surface area (Å²) in [6.45, 7) is 2.10. The van der Waals surface area contributed by atoms with Gasteiger partial charge in [0.05, 0.1) is 38.0 Å². The van der Waals surface area contributed by atoms with Crippen molar-refractivity contribution < 1.29 is 23.7 Å². The predicted molar refractivity (Wildman–Crippen MR) is 125 cm³/mol. The summed E-state index contributed by atoms with van der Waals surface area (Å²) in [5, 5.41) is 6.34. The summed E-state index contributed by atoms with van der Waals surface area (Å²) in [6.07, 6.45) is 1.63. The van der Waals surface area contributed by atoms with Crippen LogP contribution in [0.1, 0.15) is 17.3 Å². The van der Waals surface area contributed by atoms with Gasteiger partial charge in [-0.3, -0.25) is 0 Å². The zero-order chi connectivity index (χ0) is 23.1. The highest BCUT2D eigenvalue weighted by Crippen LogP contribution is 2.40. The average Bonchev–Trinajstić information content (AvgIpc) is 2.81. The monoisotopic (exact) mass is 502 g/mol. The van der Waals surface area contributed by atoms with E-state index in [-0.39, 0.29) is 5.97 Å². The molecule has 0 atom stereocenters. The molecule has 0 saturated heterocycles. The van der Waals surface area contributed by atoms with E-state index in [0.717, 1.165) is 5.69 Å². The van der Waals surface area contributed by atoms with Gasteiger partial charge in [0.25, 0.3) is 0 Å². The van der Waals surface area contributed by atoms with Crippen molar-refractivity contribution in [1.82, 2.24) is 9.97 Å². The summed E-state index contributed by atoms with van der Waals surface area (Å²) in [5.41, 5.74) is 1.88. The van der Waals surface area contributed by atoms with Crippen molar-refractivity contribution in [2.75, 3.05) is 38.6 Å². The van der Waals surface area contributed by atoms with Gasteiger partial charge in [0.15, 0.2) is 11.5 Å². The summed E-state index contributed by atoms with van der Waals surface area (Å²) in [7, 11) is 4.64. The van der Waals surface area contributed by atoms with E-state index in [4.69, 9.17) is 18.9 Å². The third-order valence-electron chi connectivity index (χ3n) is 4.32. The molecule has 0 aliphatic heterocycles. The molecule has 1 aromatic heterocycles. The first-order valence-electron chi connectivity index (χ1n) is 9.62. The zero-order valence-electron chi connectivity index (χ0n) is 18.1. The molecule has 1 heterocycles. The van der Waals surface area contributed by atoms with E-state index in [0.29, 0.717) is 51.3 Å². The quantitative estimate of drug-likeness (QED) is 0.394. The molecule has 9 nitrogen and oxygen atoms in total. The number of benzene rings is 2. The van der Waals surface area contributed by atoms with Crippen LogP contribution in [0.3, 0.4) is 0 Å². The molecular formula is C22H23BrN4O5. The molecule has 3 aromatic rings. The van der Waals surface area contributed by atoms with Crippen molar-refractivity contribution in [3.8, 4) is 17.2 Å². The SMILES string of the molecule is CCOC(=O)c1ccc(Nc2nc(Nc3cc(OC)c(OC)c(OC)c3)ncc2Br)cc1. The zero-order valence-corrected chi connectivity index (χ0v) is 19.6. The first-order valence-corrected chi connectivity index (χ1v) is 10.4. The van der Waals surface area contributed by atoms with Crippen molar-refractivity contribution in [3.05, 3.63) is 52.6 Å². The summed E-state index contributed by atoms with van der Waals surface area (Å²) >= 11 is 3.45. The number of methoxy groups -OCH3 is 3. The second kappa shape index (κ2) is 10.7. The first kappa shape index (κ1) is 23.1. The molecule has 0 bridgehead atoms. The Balaban J connectivity index is 1.81. The van der Waals surface area contributed by atoms with Crippen LogP contribution in [0, 0.1) is 0 Å². The maximum absolute atomic E-state index is 11.8. The lowest BCUT2D eigenvalue weighted by Gasteiger charge is -2.15. The molecule has 0 aliphatic rings. The number of ether oxygens (including phenoxy) is 4. The van der Waals surface area contributed by atoms with E-state index < -0.39 is 0 Å². The maximum Gasteiger partial charge on any atom is 0.338 e. The second-order valence-electron chi connectivity index (χ2n) is 6.35. The Bertz CT molecular complexity index is 1070. The average molecular weight is 503 g/mol. The summed E-state index contributed by atoms with van der Waals surface area (Å²) in [4.78, 5) is 20.6. The molecular weight excluding hydrogens is 480 g/mol. The Morgan fingerprint density at radius 3 is 2.19 bits per heavy atom. The fourth-order valence-electron chi connectivity index (χ4n) is 2.84. The first-order chi connectivity index (χ1) is 15.5. The molecule has 0 saturated carbocycles. The van der Waals surface area contributed by atoms with Crippen LogP contribution in [-0.2, 0) is 4.74 Å². The molecule has 0 amide bonds. The van der Waals surface area contributed by atoms with Gasteiger partial charge in [-0.15, -0.1) is 0 Å². The summed E-state index contributed by atoms with van der Waals surface area (Å²) in [6, 6.07) is 10.4. The highest BCUT2D eigenvalue weighted by atomic mass is 79.9. The van der Waals surface area contributed by atoms with Gasteiger partial charge in [0.2, 0.25) is 11.7 Å². The summed E-state index contributed by atoms with van der Waals surface area (Å²) < 4.78 is 21.8. The Hall–Kier alpha value is -3.53. The van der Waals surface area contributed by atoms with Gasteiger partial charge < -0.3 is 29.6 Å². The minimum absolute atomic E-state index is 0.328. The smallest absolute Gasteiger partial charge is 0.338 e. The molecule has 10 heteroatoms. The van der Waals surface area contributed by atoms with Crippen molar-refractivity contribution in [3.63, 3.8) is 0 Å². The number of hydrogen-bond donors (Lipinski definition) is 2. The van der Waals surface area contributed by atoms with Crippen LogP contribution in [0.2, 0.25) is 0 Å². The molecule has 168 valence electrons. The lowest BCUT2D eigenvalue weighted by atomic mass is 10.2. The molecule has 0 unspecified atom stereocenters. The van der Waals surface area contributed by atoms with Crippen molar-refractivity contribution >= 4 is 45.0 Å². The Morgan fingerprint density at radius 1 is 0.969 bits per heavy atom. The van der Waals surface area contributed by atoms with Gasteiger partial charge in [0.1, 0.15) is 5.82 Å². The number of anilines is 4. The molecule has 0 spiro atoms. The number of hydrogen-bond acceptors (Lipinski definition) is 9. The number of carbonyl (C=O) groups is 1. The molecule has 0 aliphatic carbocycles. The minimum atomic E-state index is -0.362. The van der Waals surface area contributed by atoms with Crippen molar-refractivity contribution in [2.45, 2.75) is 6.92 Å². The molecule has 2 N–H and O–H groups in total. The lowest BCUT2D eigenvalue weighted by Crippen LogP contribution is -2.05. The largest absolute Gasteiger partial charge is 0.493 e. The highest BCUT2D eigenvalue weighted by Gasteiger charge is 2.14. The van der Waals surface area contributed by atoms with Gasteiger partial charge in [-0.1, -0.05) is 0 Å². The van der Waals surface area contributed by atoms with E-state index in [1.165, 1.54) is 0 Å². The normalized spacial score (nSPS) is 10.3. The topological polar surface area (TPSA) is 104 Å². The van der Waals surface area contributed by atoms with Crippen LogP contribution in [-0.4, -0.2) is 43.9 Å². The van der Waals surface area contributed by atoms with Crippen LogP contribution in [0.5, 0.6) is 17.2 Å². The predicted octanol–water partition coefficient (Wildman–Crippen LogP) is 4.93. The third-order valence-corrected chi connectivity index (χ3v) is 4.90. The molecule has 0 radical (unpaired) electrons. The molecule has 2 aromatic carbocycles. The van der Waals surface area contributed by atoms with Gasteiger partial charge >= 0.3 is 5.97 Å². The highest BCUT2D eigenvalue weighted by molar-refractivity contribution is 9.10.